The number of rotatable bonds is 4. The van der Waals surface area contributed by atoms with Crippen molar-refractivity contribution >= 4 is 60.7 Å². The van der Waals surface area contributed by atoms with Crippen LogP contribution in [-0.2, 0) is 16.6 Å². The predicted molar refractivity (Wildman–Crippen MR) is 137 cm³/mol. The van der Waals surface area contributed by atoms with Crippen LogP contribution in [0.25, 0.3) is 10.2 Å². The highest BCUT2D eigenvalue weighted by Crippen LogP contribution is 2.32. The molecule has 34 heavy (non-hydrogen) atoms. The van der Waals surface area contributed by atoms with Gasteiger partial charge < -0.3 is 4.57 Å². The molecular weight excluding hydrogens is 513 g/mol. The maximum Gasteiger partial charge on any atom is 0.279 e. The molecule has 1 aliphatic rings. The third-order valence-electron chi connectivity index (χ3n) is 5.76. The van der Waals surface area contributed by atoms with E-state index in [9.17, 15) is 13.2 Å². The summed E-state index contributed by atoms with van der Waals surface area (Å²) in [5.41, 5.74) is 0.892. The Morgan fingerprint density at radius 1 is 1.15 bits per heavy atom. The van der Waals surface area contributed by atoms with Gasteiger partial charge in [0.25, 0.3) is 5.91 Å². The highest BCUT2D eigenvalue weighted by atomic mass is 35.5. The number of carbonyl (C=O) groups excluding carboxylic acids is 1. The Bertz CT molecular complexity index is 1460. The van der Waals surface area contributed by atoms with Gasteiger partial charge in [-0.25, -0.2) is 8.42 Å². The largest absolute Gasteiger partial charge is 0.303 e. The van der Waals surface area contributed by atoms with Crippen LogP contribution in [0.1, 0.15) is 30.6 Å². The molecule has 0 aliphatic carbocycles. The normalized spacial score (nSPS) is 19.9. The average molecular weight is 537 g/mol. The van der Waals surface area contributed by atoms with E-state index in [0.717, 1.165) is 11.1 Å². The van der Waals surface area contributed by atoms with Crippen molar-refractivity contribution in [2.45, 2.75) is 31.7 Å². The summed E-state index contributed by atoms with van der Waals surface area (Å²) in [6.07, 6.45) is 6.53. The third-order valence-corrected chi connectivity index (χ3v) is 9.44. The molecule has 1 aliphatic heterocycles. The summed E-state index contributed by atoms with van der Waals surface area (Å²) in [4.78, 5) is 17.7. The van der Waals surface area contributed by atoms with Crippen molar-refractivity contribution in [2.75, 3.05) is 13.1 Å². The lowest BCUT2D eigenvalue weighted by molar-refractivity contribution is 0.0998. The minimum Gasteiger partial charge on any atom is -0.303 e. The number of nitrogens with zero attached hydrogens (tertiary/aromatic N) is 3. The maximum atomic E-state index is 13.1. The van der Waals surface area contributed by atoms with Gasteiger partial charge in [0.15, 0.2) is 4.80 Å². The summed E-state index contributed by atoms with van der Waals surface area (Å²) < 4.78 is 30.2. The van der Waals surface area contributed by atoms with E-state index < -0.39 is 15.9 Å². The molecule has 0 spiro atoms. The predicted octanol–water partition coefficient (Wildman–Crippen LogP) is 5.05. The number of halogens is 2. The van der Waals surface area contributed by atoms with Crippen LogP contribution in [0.5, 0.6) is 0 Å². The minimum atomic E-state index is -3.63. The van der Waals surface area contributed by atoms with Crippen molar-refractivity contribution in [3.05, 3.63) is 56.8 Å². The van der Waals surface area contributed by atoms with Crippen molar-refractivity contribution < 1.29 is 13.2 Å². The summed E-state index contributed by atoms with van der Waals surface area (Å²) in [5, 5.41) is 0.723. The number of fused-ring (bicyclic) bond motifs is 1. The van der Waals surface area contributed by atoms with Crippen LogP contribution in [-0.4, -0.2) is 36.3 Å². The number of sulfonamides is 1. The number of aromatic nitrogens is 1. The number of amides is 1. The second kappa shape index (κ2) is 9.84. The van der Waals surface area contributed by atoms with Crippen LogP contribution in [0.2, 0.25) is 10.0 Å². The molecule has 2 aromatic carbocycles. The van der Waals surface area contributed by atoms with Crippen molar-refractivity contribution in [1.82, 2.24) is 8.87 Å². The number of terminal acetylenes is 1. The molecule has 0 N–H and O–H groups in total. The van der Waals surface area contributed by atoms with Crippen LogP contribution in [0.15, 0.2) is 46.3 Å². The molecule has 4 rings (SSSR count). The molecule has 2 unspecified atom stereocenters. The number of carbonyl (C=O) groups is 1. The first-order chi connectivity index (χ1) is 16.1. The van der Waals surface area contributed by atoms with Gasteiger partial charge in [0, 0.05) is 18.7 Å². The van der Waals surface area contributed by atoms with E-state index in [4.69, 9.17) is 29.6 Å². The number of hydrogen-bond acceptors (Lipinski definition) is 4. The smallest absolute Gasteiger partial charge is 0.279 e. The summed E-state index contributed by atoms with van der Waals surface area (Å²) in [6.45, 7) is 5.27. The Morgan fingerprint density at radius 3 is 2.41 bits per heavy atom. The summed E-state index contributed by atoms with van der Waals surface area (Å²) in [5.74, 6) is 2.65. The zero-order chi connectivity index (χ0) is 24.6. The second-order valence-electron chi connectivity index (χ2n) is 8.59. The number of hydrogen-bond donors (Lipinski definition) is 0. The fraction of sp³-hybridized carbons (Fsp3) is 0.333. The Labute approximate surface area is 212 Å². The first kappa shape index (κ1) is 25.0. The van der Waals surface area contributed by atoms with Gasteiger partial charge in [-0.1, -0.05) is 54.3 Å². The van der Waals surface area contributed by atoms with Crippen LogP contribution in [0.4, 0.5) is 0 Å². The lowest BCUT2D eigenvalue weighted by Crippen LogP contribution is -2.42. The van der Waals surface area contributed by atoms with Gasteiger partial charge in [0.1, 0.15) is 0 Å². The molecule has 1 saturated heterocycles. The van der Waals surface area contributed by atoms with Crippen molar-refractivity contribution in [2.24, 2.45) is 16.8 Å². The van der Waals surface area contributed by atoms with E-state index in [2.05, 4.69) is 24.8 Å². The van der Waals surface area contributed by atoms with E-state index in [0.29, 0.717) is 45.3 Å². The molecule has 1 amide bonds. The molecule has 0 radical (unpaired) electrons. The Kier molecular flexibility index (Phi) is 7.22. The highest BCUT2D eigenvalue weighted by molar-refractivity contribution is 7.89. The molecule has 3 aromatic rings. The Morgan fingerprint density at radius 2 is 1.79 bits per heavy atom. The summed E-state index contributed by atoms with van der Waals surface area (Å²) in [6, 6.07) is 9.36. The highest BCUT2D eigenvalue weighted by Gasteiger charge is 2.31. The molecule has 10 heteroatoms. The van der Waals surface area contributed by atoms with Gasteiger partial charge in [-0.2, -0.15) is 9.30 Å². The number of benzene rings is 2. The van der Waals surface area contributed by atoms with Crippen molar-refractivity contribution in [3.63, 3.8) is 0 Å². The van der Waals surface area contributed by atoms with E-state index in [1.165, 1.54) is 39.9 Å². The van der Waals surface area contributed by atoms with E-state index in [1.54, 1.807) is 16.7 Å². The minimum absolute atomic E-state index is 0.163. The first-order valence-corrected chi connectivity index (χ1v) is 13.7. The molecule has 178 valence electrons. The summed E-state index contributed by atoms with van der Waals surface area (Å²) >= 11 is 13.8. The molecule has 2 heterocycles. The quantitative estimate of drug-likeness (QED) is 0.438. The van der Waals surface area contributed by atoms with Gasteiger partial charge in [-0.05, 0) is 54.7 Å². The third kappa shape index (κ3) is 4.81. The Balaban J connectivity index is 1.66. The van der Waals surface area contributed by atoms with Gasteiger partial charge in [-0.3, -0.25) is 4.79 Å². The standard InChI is InChI=1S/C24H23Cl2N3O3S2/c1-4-11-29-22-20(10-9-19(25)21(22)26)33-24(29)27-23(30)17-5-7-18(8-6-17)34(31,32)28-13-15(2)12-16(3)14-28/h1,5-10,15-16H,11-14H2,2-3H3. The van der Waals surface area contributed by atoms with Gasteiger partial charge in [0.05, 0.1) is 31.7 Å². The fourth-order valence-electron chi connectivity index (χ4n) is 4.30. The topological polar surface area (TPSA) is 71.7 Å². The van der Waals surface area contributed by atoms with Crippen molar-refractivity contribution in [3.8, 4) is 12.3 Å². The number of piperidine rings is 1. The van der Waals surface area contributed by atoms with Crippen LogP contribution < -0.4 is 4.80 Å². The number of thiazole rings is 1. The van der Waals surface area contributed by atoms with E-state index >= 15 is 0 Å². The molecular formula is C24H23Cl2N3O3S2. The van der Waals surface area contributed by atoms with Gasteiger partial charge >= 0.3 is 0 Å². The second-order valence-corrected chi connectivity index (χ2v) is 12.3. The van der Waals surface area contributed by atoms with Crippen LogP contribution in [0.3, 0.4) is 0 Å². The lowest BCUT2D eigenvalue weighted by atomic mass is 9.94. The van der Waals surface area contributed by atoms with Crippen molar-refractivity contribution in [1.29, 1.82) is 0 Å². The zero-order valence-electron chi connectivity index (χ0n) is 18.7. The zero-order valence-corrected chi connectivity index (χ0v) is 21.8. The van der Waals surface area contributed by atoms with Gasteiger partial charge in [-0.15, -0.1) is 6.42 Å². The van der Waals surface area contributed by atoms with E-state index in [-0.39, 0.29) is 17.0 Å². The van der Waals surface area contributed by atoms with E-state index in [1.807, 2.05) is 0 Å². The van der Waals surface area contributed by atoms with Crippen LogP contribution >= 0.6 is 34.5 Å². The molecule has 0 bridgehead atoms. The molecule has 0 saturated carbocycles. The van der Waals surface area contributed by atoms with Crippen LogP contribution in [0, 0.1) is 24.2 Å². The lowest BCUT2D eigenvalue weighted by Gasteiger charge is -2.34. The molecule has 1 aromatic heterocycles. The SMILES string of the molecule is C#CCn1c(=NC(=O)c2ccc(S(=O)(=O)N3CC(C)CC(C)C3)cc2)sc2ccc(Cl)c(Cl)c21. The summed E-state index contributed by atoms with van der Waals surface area (Å²) in [7, 11) is -3.63. The first-order valence-electron chi connectivity index (χ1n) is 10.7. The Hall–Kier alpha value is -2.15. The average Bonchev–Trinajstić information content (AvgIpc) is 3.13. The fourth-order valence-corrected chi connectivity index (χ4v) is 7.49. The monoisotopic (exact) mass is 535 g/mol. The maximum absolute atomic E-state index is 13.1. The molecule has 1 fully saturated rings. The molecule has 2 atom stereocenters. The van der Waals surface area contributed by atoms with Gasteiger partial charge in [0.2, 0.25) is 10.0 Å². The molecule has 6 nitrogen and oxygen atoms in total.